The van der Waals surface area contributed by atoms with Crippen molar-refractivity contribution in [2.24, 2.45) is 0 Å². The summed E-state index contributed by atoms with van der Waals surface area (Å²) in [6, 6.07) is 12.3. The summed E-state index contributed by atoms with van der Waals surface area (Å²) in [5.74, 6) is 1.09. The predicted octanol–water partition coefficient (Wildman–Crippen LogP) is 3.33. The van der Waals surface area contributed by atoms with Crippen LogP contribution in [0, 0.1) is 6.92 Å². The molecule has 0 unspecified atom stereocenters. The summed E-state index contributed by atoms with van der Waals surface area (Å²) in [6.45, 7) is 6.37. The smallest absolute Gasteiger partial charge is 0.261 e. The lowest BCUT2D eigenvalue weighted by Crippen LogP contribution is -2.49. The maximum absolute atomic E-state index is 13.1. The van der Waals surface area contributed by atoms with Gasteiger partial charge in [-0.2, -0.15) is 0 Å². The molecular formula is C24H32N2O5. The van der Waals surface area contributed by atoms with Crippen molar-refractivity contribution in [3.05, 3.63) is 53.6 Å². The van der Waals surface area contributed by atoms with Crippen LogP contribution >= 0.6 is 0 Å². The molecule has 1 atom stereocenters. The molecule has 0 bridgehead atoms. The van der Waals surface area contributed by atoms with Gasteiger partial charge in [-0.05, 0) is 25.8 Å². The van der Waals surface area contributed by atoms with E-state index in [1.165, 1.54) is 4.90 Å². The number of benzene rings is 2. The van der Waals surface area contributed by atoms with Crippen LogP contribution < -0.4 is 19.5 Å². The quantitative estimate of drug-likeness (QED) is 0.594. The molecule has 31 heavy (non-hydrogen) atoms. The number of ether oxygens (including phenoxy) is 3. The Hall–Kier alpha value is -3.22. The van der Waals surface area contributed by atoms with Gasteiger partial charge in [0.2, 0.25) is 5.91 Å². The normalized spacial score (nSPS) is 11.4. The molecular weight excluding hydrogens is 396 g/mol. The number of nitrogens with zero attached hydrogens (tertiary/aromatic N) is 1. The van der Waals surface area contributed by atoms with Crippen molar-refractivity contribution < 1.29 is 23.8 Å². The van der Waals surface area contributed by atoms with Crippen LogP contribution in [0.3, 0.4) is 0 Å². The van der Waals surface area contributed by atoms with E-state index in [-0.39, 0.29) is 18.4 Å². The van der Waals surface area contributed by atoms with Crippen LogP contribution in [-0.4, -0.2) is 50.1 Å². The standard InChI is InChI=1S/C24H32N2O5/c1-6-11-25-24(28)18(3)26(15-19-9-7-17(2)8-10-19)23(27)16-31-22-13-20(29-4)12-21(14-22)30-5/h7-10,12-14,18H,6,11,15-16H2,1-5H3,(H,25,28)/t18-/m1/s1. The number of nitrogens with one attached hydrogen (secondary N) is 1. The first-order valence-electron chi connectivity index (χ1n) is 10.4. The Kier molecular flexibility index (Phi) is 9.18. The van der Waals surface area contributed by atoms with Crippen molar-refractivity contribution in [3.63, 3.8) is 0 Å². The van der Waals surface area contributed by atoms with Crippen molar-refractivity contribution in [1.82, 2.24) is 10.2 Å². The molecule has 0 fully saturated rings. The highest BCUT2D eigenvalue weighted by molar-refractivity contribution is 5.87. The topological polar surface area (TPSA) is 77.1 Å². The molecule has 2 rings (SSSR count). The molecule has 0 aromatic heterocycles. The van der Waals surface area contributed by atoms with Crippen molar-refractivity contribution in [1.29, 1.82) is 0 Å². The maximum atomic E-state index is 13.1. The van der Waals surface area contributed by atoms with Crippen molar-refractivity contribution in [2.75, 3.05) is 27.4 Å². The summed E-state index contributed by atoms with van der Waals surface area (Å²) < 4.78 is 16.2. The third kappa shape index (κ3) is 7.20. The second kappa shape index (κ2) is 11.8. The zero-order valence-corrected chi connectivity index (χ0v) is 18.9. The average Bonchev–Trinajstić information content (AvgIpc) is 2.79. The Balaban J connectivity index is 2.16. The molecule has 1 N–H and O–H groups in total. The zero-order chi connectivity index (χ0) is 22.8. The molecule has 2 amide bonds. The highest BCUT2D eigenvalue weighted by atomic mass is 16.5. The molecule has 0 saturated carbocycles. The third-order valence-electron chi connectivity index (χ3n) is 4.88. The van der Waals surface area contributed by atoms with Crippen LogP contribution in [0.2, 0.25) is 0 Å². The van der Waals surface area contributed by atoms with Crippen LogP contribution in [0.15, 0.2) is 42.5 Å². The van der Waals surface area contributed by atoms with E-state index in [2.05, 4.69) is 5.32 Å². The van der Waals surface area contributed by atoms with E-state index in [9.17, 15) is 9.59 Å². The monoisotopic (exact) mass is 428 g/mol. The van der Waals surface area contributed by atoms with E-state index in [0.29, 0.717) is 30.3 Å². The summed E-state index contributed by atoms with van der Waals surface area (Å²) in [4.78, 5) is 27.2. The summed E-state index contributed by atoms with van der Waals surface area (Å²) >= 11 is 0. The van der Waals surface area contributed by atoms with Gasteiger partial charge >= 0.3 is 0 Å². The molecule has 0 saturated heterocycles. The van der Waals surface area contributed by atoms with Crippen molar-refractivity contribution >= 4 is 11.8 Å². The van der Waals surface area contributed by atoms with E-state index >= 15 is 0 Å². The van der Waals surface area contributed by atoms with E-state index in [1.54, 1.807) is 39.3 Å². The number of carbonyl (C=O) groups excluding carboxylic acids is 2. The maximum Gasteiger partial charge on any atom is 0.261 e. The van der Waals surface area contributed by atoms with E-state index < -0.39 is 6.04 Å². The molecule has 2 aromatic rings. The zero-order valence-electron chi connectivity index (χ0n) is 18.9. The fourth-order valence-electron chi connectivity index (χ4n) is 2.96. The molecule has 0 spiro atoms. The molecule has 0 aliphatic heterocycles. The molecule has 0 radical (unpaired) electrons. The van der Waals surface area contributed by atoms with Gasteiger partial charge in [-0.1, -0.05) is 36.8 Å². The lowest BCUT2D eigenvalue weighted by molar-refractivity contribution is -0.142. The number of hydrogen-bond donors (Lipinski definition) is 1. The minimum atomic E-state index is -0.635. The average molecular weight is 429 g/mol. The fourth-order valence-corrected chi connectivity index (χ4v) is 2.96. The summed E-state index contributed by atoms with van der Waals surface area (Å²) in [5.41, 5.74) is 2.07. The van der Waals surface area contributed by atoms with Gasteiger partial charge in [0.05, 0.1) is 14.2 Å². The second-order valence-electron chi connectivity index (χ2n) is 7.31. The van der Waals surface area contributed by atoms with E-state index in [1.807, 2.05) is 38.1 Å². The Morgan fingerprint density at radius 1 is 1.00 bits per heavy atom. The molecule has 168 valence electrons. The second-order valence-corrected chi connectivity index (χ2v) is 7.31. The van der Waals surface area contributed by atoms with Gasteiger partial charge in [-0.3, -0.25) is 9.59 Å². The summed E-state index contributed by atoms with van der Waals surface area (Å²) in [7, 11) is 3.09. The molecule has 2 aromatic carbocycles. The summed E-state index contributed by atoms with van der Waals surface area (Å²) in [6.07, 6.45) is 0.825. The van der Waals surface area contributed by atoms with E-state index in [4.69, 9.17) is 14.2 Å². The number of aryl methyl sites for hydroxylation is 1. The molecule has 7 nitrogen and oxygen atoms in total. The number of hydrogen-bond acceptors (Lipinski definition) is 5. The Morgan fingerprint density at radius 3 is 2.13 bits per heavy atom. The minimum absolute atomic E-state index is 0.189. The first-order valence-corrected chi connectivity index (χ1v) is 10.4. The first-order chi connectivity index (χ1) is 14.9. The predicted molar refractivity (Wildman–Crippen MR) is 120 cm³/mol. The Morgan fingerprint density at radius 2 is 1.58 bits per heavy atom. The Bertz CT molecular complexity index is 845. The molecule has 0 aliphatic carbocycles. The third-order valence-corrected chi connectivity index (χ3v) is 4.88. The van der Waals surface area contributed by atoms with Gasteiger partial charge < -0.3 is 24.4 Å². The first kappa shape index (κ1) is 24.1. The molecule has 0 heterocycles. The van der Waals surface area contributed by atoms with Crippen LogP contribution in [0.5, 0.6) is 17.2 Å². The van der Waals surface area contributed by atoms with Crippen LogP contribution in [0.1, 0.15) is 31.4 Å². The van der Waals surface area contributed by atoms with Crippen LogP contribution in [0.4, 0.5) is 0 Å². The van der Waals surface area contributed by atoms with Gasteiger partial charge in [0.1, 0.15) is 23.3 Å². The van der Waals surface area contributed by atoms with Crippen LogP contribution in [-0.2, 0) is 16.1 Å². The highest BCUT2D eigenvalue weighted by Gasteiger charge is 2.26. The van der Waals surface area contributed by atoms with Gasteiger partial charge in [-0.15, -0.1) is 0 Å². The number of methoxy groups -OCH3 is 2. The van der Waals surface area contributed by atoms with Gasteiger partial charge in [0, 0.05) is 31.3 Å². The SMILES string of the molecule is CCCNC(=O)[C@@H](C)N(Cc1ccc(C)cc1)C(=O)COc1cc(OC)cc(OC)c1. The van der Waals surface area contributed by atoms with E-state index in [0.717, 1.165) is 17.5 Å². The summed E-state index contributed by atoms with van der Waals surface area (Å²) in [5, 5.41) is 2.86. The lowest BCUT2D eigenvalue weighted by Gasteiger charge is -2.28. The molecule has 0 aliphatic rings. The number of amides is 2. The fraction of sp³-hybridized carbons (Fsp3) is 0.417. The lowest BCUT2D eigenvalue weighted by atomic mass is 10.1. The van der Waals surface area contributed by atoms with Gasteiger partial charge in [0.25, 0.3) is 5.91 Å². The van der Waals surface area contributed by atoms with Crippen molar-refractivity contribution in [2.45, 2.75) is 39.8 Å². The van der Waals surface area contributed by atoms with Gasteiger partial charge in [0.15, 0.2) is 6.61 Å². The minimum Gasteiger partial charge on any atom is -0.496 e. The Labute approximate surface area is 184 Å². The van der Waals surface area contributed by atoms with Crippen LogP contribution in [0.25, 0.3) is 0 Å². The molecule has 7 heteroatoms. The highest BCUT2D eigenvalue weighted by Crippen LogP contribution is 2.27. The van der Waals surface area contributed by atoms with Gasteiger partial charge in [-0.25, -0.2) is 0 Å². The number of rotatable bonds is 11. The largest absolute Gasteiger partial charge is 0.496 e. The van der Waals surface area contributed by atoms with Crippen molar-refractivity contribution in [3.8, 4) is 17.2 Å². The number of carbonyl (C=O) groups is 2.